The summed E-state index contributed by atoms with van der Waals surface area (Å²) in [4.78, 5) is 0. The summed E-state index contributed by atoms with van der Waals surface area (Å²) in [5.41, 5.74) is 0. The molecule has 1 atom stereocenters. The van der Waals surface area contributed by atoms with Crippen LogP contribution in [0.1, 0.15) is 25.7 Å². The second kappa shape index (κ2) is 3.08. The van der Waals surface area contributed by atoms with E-state index in [0.29, 0.717) is 6.10 Å². The summed E-state index contributed by atoms with van der Waals surface area (Å²) in [7, 11) is 1.78. The number of hydrogen-bond acceptors (Lipinski definition) is 1. The van der Waals surface area contributed by atoms with Crippen molar-refractivity contribution in [2.45, 2.75) is 31.8 Å². The van der Waals surface area contributed by atoms with Crippen LogP contribution >= 0.6 is 0 Å². The van der Waals surface area contributed by atoms with Crippen LogP contribution in [-0.2, 0) is 4.74 Å². The Bertz CT molecular complexity index is 55.4. The van der Waals surface area contributed by atoms with Gasteiger partial charge in [0.15, 0.2) is 0 Å². The topological polar surface area (TPSA) is 9.23 Å². The van der Waals surface area contributed by atoms with Crippen molar-refractivity contribution in [1.82, 2.24) is 0 Å². The Hall–Kier alpha value is -0.0400. The van der Waals surface area contributed by atoms with Gasteiger partial charge in [0, 0.05) is 7.11 Å². The molecular formula is C7H13O. The second-order valence-corrected chi connectivity index (χ2v) is 2.29. The first-order valence-electron chi connectivity index (χ1n) is 3.29. The van der Waals surface area contributed by atoms with Gasteiger partial charge in [-0.2, -0.15) is 0 Å². The summed E-state index contributed by atoms with van der Waals surface area (Å²) >= 11 is 0. The molecular weight excluding hydrogens is 100 g/mol. The summed E-state index contributed by atoms with van der Waals surface area (Å²) in [6.45, 7) is 0. The van der Waals surface area contributed by atoms with Crippen LogP contribution in [0.25, 0.3) is 0 Å². The molecule has 0 aromatic rings. The lowest BCUT2D eigenvalue weighted by Crippen LogP contribution is -2.14. The molecule has 0 aromatic heterocycles. The van der Waals surface area contributed by atoms with Gasteiger partial charge in [0.1, 0.15) is 0 Å². The van der Waals surface area contributed by atoms with Crippen molar-refractivity contribution in [2.75, 3.05) is 7.11 Å². The molecule has 8 heavy (non-hydrogen) atoms. The van der Waals surface area contributed by atoms with Crippen LogP contribution in [-0.4, -0.2) is 13.2 Å². The maximum absolute atomic E-state index is 5.14. The molecule has 1 nitrogen and oxygen atoms in total. The third-order valence-electron chi connectivity index (χ3n) is 1.68. The van der Waals surface area contributed by atoms with E-state index in [9.17, 15) is 0 Å². The number of hydrogen-bond donors (Lipinski definition) is 0. The molecule has 0 heterocycles. The van der Waals surface area contributed by atoms with E-state index in [2.05, 4.69) is 6.42 Å². The van der Waals surface area contributed by atoms with Gasteiger partial charge in [0.05, 0.1) is 6.10 Å². The van der Waals surface area contributed by atoms with Crippen LogP contribution < -0.4 is 0 Å². The van der Waals surface area contributed by atoms with Gasteiger partial charge in [-0.25, -0.2) is 0 Å². The Morgan fingerprint density at radius 3 is 2.75 bits per heavy atom. The zero-order chi connectivity index (χ0) is 5.82. The first-order valence-corrected chi connectivity index (χ1v) is 3.29. The summed E-state index contributed by atoms with van der Waals surface area (Å²) in [5, 5.41) is 0. The fourth-order valence-electron chi connectivity index (χ4n) is 1.13. The summed E-state index contributed by atoms with van der Waals surface area (Å²) in [6.07, 6.45) is 7.91. The lowest BCUT2D eigenvalue weighted by molar-refractivity contribution is 0.106. The van der Waals surface area contributed by atoms with Gasteiger partial charge in [-0.05, 0) is 19.3 Å². The van der Waals surface area contributed by atoms with Crippen molar-refractivity contribution in [2.24, 2.45) is 0 Å². The molecule has 0 amide bonds. The summed E-state index contributed by atoms with van der Waals surface area (Å²) < 4.78 is 5.14. The molecule has 1 heteroatoms. The highest BCUT2D eigenvalue weighted by Crippen LogP contribution is 2.17. The van der Waals surface area contributed by atoms with E-state index in [4.69, 9.17) is 4.74 Å². The highest BCUT2D eigenvalue weighted by Gasteiger charge is 2.10. The van der Waals surface area contributed by atoms with Gasteiger partial charge >= 0.3 is 0 Å². The van der Waals surface area contributed by atoms with Crippen molar-refractivity contribution in [3.8, 4) is 0 Å². The zero-order valence-corrected chi connectivity index (χ0v) is 5.39. The van der Waals surface area contributed by atoms with Crippen LogP contribution in [0, 0.1) is 6.42 Å². The minimum absolute atomic E-state index is 0.462. The number of ether oxygens (including phenoxy) is 1. The Labute approximate surface area is 51.0 Å². The van der Waals surface area contributed by atoms with E-state index >= 15 is 0 Å². The third-order valence-corrected chi connectivity index (χ3v) is 1.68. The third kappa shape index (κ3) is 1.48. The van der Waals surface area contributed by atoms with E-state index in [1.807, 2.05) is 0 Å². The predicted octanol–water partition coefficient (Wildman–Crippen LogP) is 1.78. The lowest BCUT2D eigenvalue weighted by Gasteiger charge is -2.18. The lowest BCUT2D eigenvalue weighted by atomic mass is 9.98. The summed E-state index contributed by atoms with van der Waals surface area (Å²) in [6, 6.07) is 0. The molecule has 47 valence electrons. The first-order chi connectivity index (χ1) is 3.93. The van der Waals surface area contributed by atoms with Crippen molar-refractivity contribution in [3.63, 3.8) is 0 Å². The molecule has 1 aliphatic carbocycles. The summed E-state index contributed by atoms with van der Waals surface area (Å²) in [5.74, 6) is 0. The molecule has 0 spiro atoms. The van der Waals surface area contributed by atoms with Crippen molar-refractivity contribution in [3.05, 3.63) is 6.42 Å². The standard InChI is InChI=1S/C7H13O/c1-8-7-5-3-2-4-6-7/h5,7H,2-4,6H2,1H3/t7-/m0/s1. The van der Waals surface area contributed by atoms with Crippen LogP contribution in [0.3, 0.4) is 0 Å². The fraction of sp³-hybridized carbons (Fsp3) is 0.857. The van der Waals surface area contributed by atoms with Gasteiger partial charge in [-0.3, -0.25) is 0 Å². The largest absolute Gasteiger partial charge is 0.381 e. The minimum atomic E-state index is 0.462. The molecule has 0 bridgehead atoms. The van der Waals surface area contributed by atoms with Crippen LogP contribution in [0.15, 0.2) is 0 Å². The van der Waals surface area contributed by atoms with E-state index in [1.165, 1.54) is 25.7 Å². The molecule has 1 fully saturated rings. The highest BCUT2D eigenvalue weighted by atomic mass is 16.5. The normalized spacial score (nSPS) is 23.6. The molecule has 0 aromatic carbocycles. The molecule has 1 rings (SSSR count). The molecule has 0 N–H and O–H groups in total. The Balaban J connectivity index is 2.13. The number of rotatable bonds is 1. The SMILES string of the molecule is CO[C@H]1[CH]CCCC1. The van der Waals surface area contributed by atoms with Crippen molar-refractivity contribution >= 4 is 0 Å². The maximum atomic E-state index is 5.14. The van der Waals surface area contributed by atoms with Gasteiger partial charge in [-0.1, -0.05) is 12.8 Å². The zero-order valence-electron chi connectivity index (χ0n) is 5.39. The smallest absolute Gasteiger partial charge is 0.0603 e. The van der Waals surface area contributed by atoms with Gasteiger partial charge in [-0.15, -0.1) is 0 Å². The fourth-order valence-corrected chi connectivity index (χ4v) is 1.13. The highest BCUT2D eigenvalue weighted by molar-refractivity contribution is 4.80. The predicted molar refractivity (Wildman–Crippen MR) is 33.6 cm³/mol. The van der Waals surface area contributed by atoms with Crippen LogP contribution in [0.2, 0.25) is 0 Å². The van der Waals surface area contributed by atoms with Crippen molar-refractivity contribution < 1.29 is 4.74 Å². The number of methoxy groups -OCH3 is 1. The molecule has 0 aliphatic heterocycles. The maximum Gasteiger partial charge on any atom is 0.0603 e. The van der Waals surface area contributed by atoms with Crippen LogP contribution in [0.4, 0.5) is 0 Å². The van der Waals surface area contributed by atoms with E-state index in [0.717, 1.165) is 0 Å². The molecule has 0 unspecified atom stereocenters. The molecule has 1 saturated carbocycles. The van der Waals surface area contributed by atoms with E-state index in [-0.39, 0.29) is 0 Å². The molecule has 1 aliphatic rings. The molecule has 0 saturated heterocycles. The Morgan fingerprint density at radius 1 is 1.50 bits per heavy atom. The molecule has 1 radical (unpaired) electrons. The second-order valence-electron chi connectivity index (χ2n) is 2.29. The average molecular weight is 113 g/mol. The minimum Gasteiger partial charge on any atom is -0.381 e. The average Bonchev–Trinajstić information content (AvgIpc) is 1.90. The van der Waals surface area contributed by atoms with Gasteiger partial charge < -0.3 is 4.74 Å². The van der Waals surface area contributed by atoms with Gasteiger partial charge in [0.25, 0.3) is 0 Å². The Kier molecular flexibility index (Phi) is 2.34. The quantitative estimate of drug-likeness (QED) is 0.503. The van der Waals surface area contributed by atoms with E-state index in [1.54, 1.807) is 7.11 Å². The van der Waals surface area contributed by atoms with Crippen LogP contribution in [0.5, 0.6) is 0 Å². The first kappa shape index (κ1) is 6.09. The van der Waals surface area contributed by atoms with E-state index < -0.39 is 0 Å². The van der Waals surface area contributed by atoms with Crippen molar-refractivity contribution in [1.29, 1.82) is 0 Å². The van der Waals surface area contributed by atoms with Gasteiger partial charge in [0.2, 0.25) is 0 Å². The Morgan fingerprint density at radius 2 is 2.38 bits per heavy atom. The monoisotopic (exact) mass is 113 g/mol.